The molecule has 3 heterocycles. The molecule has 1 aliphatic rings. The van der Waals surface area contributed by atoms with E-state index in [1.54, 1.807) is 6.07 Å². The standard InChI is InChI=1S/C17H16N2OS.C2HF3O2/c20-16-5-8-19(15-6-9-21-17(15)16)11-13-3-1-2-12-10-18-7-4-14(12)13;3-2(4,5)1(6)7/h1-3,5-6,8-9,18H,4,7,10-11H2;(H,6,7). The molecule has 2 aromatic heterocycles. The van der Waals surface area contributed by atoms with Crippen LogP contribution in [0.4, 0.5) is 13.2 Å². The minimum atomic E-state index is -5.08. The van der Waals surface area contributed by atoms with Gasteiger partial charge in [0.2, 0.25) is 0 Å². The first-order valence-electron chi connectivity index (χ1n) is 8.44. The molecule has 0 unspecified atom stereocenters. The second-order valence-electron chi connectivity index (χ2n) is 6.23. The lowest BCUT2D eigenvalue weighted by molar-refractivity contribution is -0.192. The number of nitrogens with zero attached hydrogens (tertiary/aromatic N) is 1. The number of fused-ring (bicyclic) bond motifs is 2. The summed E-state index contributed by atoms with van der Waals surface area (Å²) in [6.45, 7) is 2.83. The van der Waals surface area contributed by atoms with Crippen LogP contribution in [0.25, 0.3) is 10.2 Å². The summed E-state index contributed by atoms with van der Waals surface area (Å²) in [5.41, 5.74) is 5.40. The smallest absolute Gasteiger partial charge is 0.475 e. The van der Waals surface area contributed by atoms with Crippen molar-refractivity contribution < 1.29 is 23.1 Å². The summed E-state index contributed by atoms with van der Waals surface area (Å²) in [5.74, 6) is -2.76. The summed E-state index contributed by atoms with van der Waals surface area (Å²) >= 11 is 1.52. The summed E-state index contributed by atoms with van der Waals surface area (Å²) < 4.78 is 34.8. The second kappa shape index (κ2) is 8.15. The molecule has 3 aromatic rings. The molecule has 9 heteroatoms. The lowest BCUT2D eigenvalue weighted by Crippen LogP contribution is -2.25. The number of benzene rings is 1. The molecule has 0 saturated heterocycles. The lowest BCUT2D eigenvalue weighted by atomic mass is 9.95. The number of hydrogen-bond donors (Lipinski definition) is 2. The molecule has 0 spiro atoms. The molecule has 0 fully saturated rings. The zero-order valence-corrected chi connectivity index (χ0v) is 15.4. The van der Waals surface area contributed by atoms with Gasteiger partial charge in [-0.3, -0.25) is 4.79 Å². The number of carbonyl (C=O) groups is 1. The van der Waals surface area contributed by atoms with Crippen molar-refractivity contribution in [2.75, 3.05) is 6.54 Å². The Morgan fingerprint density at radius 3 is 2.71 bits per heavy atom. The van der Waals surface area contributed by atoms with Gasteiger partial charge in [0.15, 0.2) is 5.43 Å². The molecule has 1 aromatic carbocycles. The van der Waals surface area contributed by atoms with E-state index >= 15 is 0 Å². The number of aliphatic carboxylic acids is 1. The molecule has 0 aliphatic carbocycles. The molecule has 0 bridgehead atoms. The van der Waals surface area contributed by atoms with Gasteiger partial charge in [-0.25, -0.2) is 4.79 Å². The summed E-state index contributed by atoms with van der Waals surface area (Å²) in [6, 6.07) is 10.3. The van der Waals surface area contributed by atoms with Gasteiger partial charge in [0, 0.05) is 25.4 Å². The van der Waals surface area contributed by atoms with E-state index in [-0.39, 0.29) is 5.43 Å². The molecule has 2 N–H and O–H groups in total. The maximum Gasteiger partial charge on any atom is 0.490 e. The summed E-state index contributed by atoms with van der Waals surface area (Å²) in [5, 5.41) is 12.5. The largest absolute Gasteiger partial charge is 0.490 e. The van der Waals surface area contributed by atoms with E-state index in [1.807, 2.05) is 17.6 Å². The van der Waals surface area contributed by atoms with Crippen LogP contribution >= 0.6 is 11.3 Å². The number of carboxylic acids is 1. The third kappa shape index (κ3) is 4.42. The Hall–Kier alpha value is -2.65. The second-order valence-corrected chi connectivity index (χ2v) is 7.14. The van der Waals surface area contributed by atoms with Gasteiger partial charge in [-0.05, 0) is 41.1 Å². The molecular formula is C19H17F3N2O3S. The van der Waals surface area contributed by atoms with Gasteiger partial charge >= 0.3 is 12.1 Å². The maximum absolute atomic E-state index is 11.9. The quantitative estimate of drug-likeness (QED) is 0.680. The van der Waals surface area contributed by atoms with Crippen molar-refractivity contribution >= 4 is 27.5 Å². The van der Waals surface area contributed by atoms with Crippen molar-refractivity contribution in [3.8, 4) is 0 Å². The van der Waals surface area contributed by atoms with Gasteiger partial charge in [-0.2, -0.15) is 13.2 Å². The third-order valence-electron chi connectivity index (χ3n) is 4.40. The van der Waals surface area contributed by atoms with Crippen molar-refractivity contribution in [1.29, 1.82) is 0 Å². The predicted molar refractivity (Wildman–Crippen MR) is 101 cm³/mol. The van der Waals surface area contributed by atoms with E-state index in [0.717, 1.165) is 36.3 Å². The van der Waals surface area contributed by atoms with Crippen LogP contribution in [0.3, 0.4) is 0 Å². The lowest BCUT2D eigenvalue weighted by Gasteiger charge is -2.21. The van der Waals surface area contributed by atoms with E-state index in [1.165, 1.54) is 28.0 Å². The van der Waals surface area contributed by atoms with Gasteiger partial charge in [-0.1, -0.05) is 18.2 Å². The van der Waals surface area contributed by atoms with Crippen LogP contribution in [0, 0.1) is 0 Å². The minimum Gasteiger partial charge on any atom is -0.475 e. The van der Waals surface area contributed by atoms with E-state index in [2.05, 4.69) is 28.1 Å². The molecule has 1 aliphatic heterocycles. The number of halogens is 3. The number of thiophene rings is 1. The number of carboxylic acid groups (broad SMARTS) is 1. The molecule has 0 amide bonds. The Morgan fingerprint density at radius 2 is 2.00 bits per heavy atom. The zero-order chi connectivity index (χ0) is 20.3. The van der Waals surface area contributed by atoms with Crippen LogP contribution in [-0.2, 0) is 24.3 Å². The summed E-state index contributed by atoms with van der Waals surface area (Å²) in [6.07, 6.45) is -2.09. The molecule has 28 heavy (non-hydrogen) atoms. The number of nitrogens with one attached hydrogen (secondary N) is 1. The average molecular weight is 410 g/mol. The Labute approximate surface area is 162 Å². The predicted octanol–water partition coefficient (Wildman–Crippen LogP) is 3.39. The van der Waals surface area contributed by atoms with Crippen LogP contribution in [0.5, 0.6) is 0 Å². The van der Waals surface area contributed by atoms with Crippen molar-refractivity contribution in [3.05, 3.63) is 68.8 Å². The Balaban J connectivity index is 0.000000279. The van der Waals surface area contributed by atoms with E-state index in [9.17, 15) is 18.0 Å². The molecular weight excluding hydrogens is 393 g/mol. The van der Waals surface area contributed by atoms with E-state index in [0.29, 0.717) is 0 Å². The van der Waals surface area contributed by atoms with Crippen molar-refractivity contribution in [3.63, 3.8) is 0 Å². The number of pyridine rings is 1. The van der Waals surface area contributed by atoms with E-state index < -0.39 is 12.1 Å². The first kappa shape index (κ1) is 20.1. The van der Waals surface area contributed by atoms with Crippen LogP contribution in [0.1, 0.15) is 16.7 Å². The highest BCUT2D eigenvalue weighted by Crippen LogP contribution is 2.22. The number of hydrogen-bond acceptors (Lipinski definition) is 4. The van der Waals surface area contributed by atoms with Gasteiger partial charge in [0.05, 0.1) is 10.2 Å². The highest BCUT2D eigenvalue weighted by Gasteiger charge is 2.38. The fourth-order valence-corrected chi connectivity index (χ4v) is 3.93. The van der Waals surface area contributed by atoms with Crippen LogP contribution < -0.4 is 10.7 Å². The first-order valence-corrected chi connectivity index (χ1v) is 9.32. The Morgan fingerprint density at radius 1 is 1.25 bits per heavy atom. The normalized spacial score (nSPS) is 13.5. The Kier molecular flexibility index (Phi) is 5.85. The maximum atomic E-state index is 11.9. The van der Waals surface area contributed by atoms with Crippen molar-refractivity contribution in [2.24, 2.45) is 0 Å². The molecule has 0 radical (unpaired) electrons. The Bertz CT molecular complexity index is 1060. The summed E-state index contributed by atoms with van der Waals surface area (Å²) in [7, 11) is 0. The van der Waals surface area contributed by atoms with Gasteiger partial charge in [0.25, 0.3) is 0 Å². The molecule has 4 rings (SSSR count). The highest BCUT2D eigenvalue weighted by molar-refractivity contribution is 7.17. The molecule has 148 valence electrons. The van der Waals surface area contributed by atoms with Crippen LogP contribution in [0.2, 0.25) is 0 Å². The fourth-order valence-electron chi connectivity index (χ4n) is 3.11. The SMILES string of the molecule is O=C(O)C(F)(F)F.O=c1ccn(Cc2cccc3c2CCNC3)c2ccsc12. The molecule has 0 saturated carbocycles. The monoisotopic (exact) mass is 410 g/mol. The minimum absolute atomic E-state index is 0.121. The van der Waals surface area contributed by atoms with Crippen LogP contribution in [-0.4, -0.2) is 28.4 Å². The van der Waals surface area contributed by atoms with Crippen LogP contribution in [0.15, 0.2) is 46.7 Å². The topological polar surface area (TPSA) is 71.3 Å². The fraction of sp³-hybridized carbons (Fsp3) is 0.263. The highest BCUT2D eigenvalue weighted by atomic mass is 32.1. The van der Waals surface area contributed by atoms with Crippen molar-refractivity contribution in [2.45, 2.75) is 25.7 Å². The van der Waals surface area contributed by atoms with Gasteiger partial charge in [0.1, 0.15) is 0 Å². The third-order valence-corrected chi connectivity index (χ3v) is 5.32. The van der Waals surface area contributed by atoms with E-state index in [4.69, 9.17) is 9.90 Å². The van der Waals surface area contributed by atoms with Gasteiger partial charge < -0.3 is 15.0 Å². The molecule has 5 nitrogen and oxygen atoms in total. The van der Waals surface area contributed by atoms with Gasteiger partial charge in [-0.15, -0.1) is 11.3 Å². The number of rotatable bonds is 2. The first-order chi connectivity index (χ1) is 13.3. The zero-order valence-electron chi connectivity index (χ0n) is 14.6. The number of aromatic nitrogens is 1. The van der Waals surface area contributed by atoms with Crippen molar-refractivity contribution in [1.82, 2.24) is 9.88 Å². The average Bonchev–Trinajstić information content (AvgIpc) is 3.15. The number of alkyl halides is 3. The molecule has 0 atom stereocenters. The summed E-state index contributed by atoms with van der Waals surface area (Å²) in [4.78, 5) is 20.8.